The van der Waals surface area contributed by atoms with E-state index in [2.05, 4.69) is 22.1 Å². The van der Waals surface area contributed by atoms with E-state index in [-0.39, 0.29) is 11.7 Å². The van der Waals surface area contributed by atoms with Gasteiger partial charge in [0, 0.05) is 12.2 Å². The number of nitrogens with one attached hydrogen (secondary N) is 2. The third-order valence-corrected chi connectivity index (χ3v) is 1.75. The summed E-state index contributed by atoms with van der Waals surface area (Å²) in [6, 6.07) is 0. The van der Waals surface area contributed by atoms with Crippen LogP contribution in [-0.2, 0) is 0 Å². The van der Waals surface area contributed by atoms with Crippen molar-refractivity contribution < 1.29 is 4.79 Å². The zero-order valence-electron chi connectivity index (χ0n) is 8.35. The Morgan fingerprint density at radius 2 is 2.36 bits per heavy atom. The molecule has 1 aromatic rings. The fourth-order valence-corrected chi connectivity index (χ4v) is 1.05. The number of aryl methyl sites for hydroxylation is 1. The number of hydrogen-bond acceptors (Lipinski definition) is 3. The lowest BCUT2D eigenvalue weighted by Crippen LogP contribution is -2.25. The van der Waals surface area contributed by atoms with Gasteiger partial charge in [0.1, 0.15) is 5.56 Å². The van der Waals surface area contributed by atoms with Crippen LogP contribution in [0.2, 0.25) is 0 Å². The molecule has 76 valence electrons. The molecule has 0 unspecified atom stereocenters. The van der Waals surface area contributed by atoms with Crippen molar-refractivity contribution in [3.63, 3.8) is 0 Å². The molecule has 0 aliphatic heterocycles. The summed E-state index contributed by atoms with van der Waals surface area (Å²) in [5.74, 6) is -0.00142. The van der Waals surface area contributed by atoms with Gasteiger partial charge < -0.3 is 11.1 Å². The van der Waals surface area contributed by atoms with Crippen molar-refractivity contribution in [2.24, 2.45) is 0 Å². The lowest BCUT2D eigenvalue weighted by Gasteiger charge is -2.03. The Hall–Kier alpha value is -1.78. The van der Waals surface area contributed by atoms with Crippen LogP contribution in [0.15, 0.2) is 12.2 Å². The fourth-order valence-electron chi connectivity index (χ4n) is 1.05. The van der Waals surface area contributed by atoms with Crippen molar-refractivity contribution in [2.75, 3.05) is 12.3 Å². The van der Waals surface area contributed by atoms with Crippen molar-refractivity contribution in [1.82, 2.24) is 15.5 Å². The van der Waals surface area contributed by atoms with E-state index in [0.29, 0.717) is 17.8 Å². The minimum Gasteiger partial charge on any atom is -0.382 e. The van der Waals surface area contributed by atoms with Gasteiger partial charge in [-0.1, -0.05) is 12.2 Å². The standard InChI is InChI=1S/C9H14N4O/c1-5(2)4-11-9(14)7-6(3)12-13-8(7)10/h1,4H2,2-3H3,(H,11,14)(H3,10,12,13). The zero-order valence-corrected chi connectivity index (χ0v) is 8.35. The highest BCUT2D eigenvalue weighted by molar-refractivity contribution is 5.99. The molecule has 0 spiro atoms. The summed E-state index contributed by atoms with van der Waals surface area (Å²) in [5, 5.41) is 9.07. The van der Waals surface area contributed by atoms with E-state index >= 15 is 0 Å². The maximum Gasteiger partial charge on any atom is 0.257 e. The molecule has 14 heavy (non-hydrogen) atoms. The number of hydrogen-bond donors (Lipinski definition) is 3. The molecule has 0 fully saturated rings. The first kappa shape index (κ1) is 10.3. The van der Waals surface area contributed by atoms with Crippen LogP contribution in [-0.4, -0.2) is 22.6 Å². The number of carbonyl (C=O) groups is 1. The average Bonchev–Trinajstić information content (AvgIpc) is 2.42. The van der Waals surface area contributed by atoms with Gasteiger partial charge in [0.25, 0.3) is 5.91 Å². The first-order valence-corrected chi connectivity index (χ1v) is 4.25. The molecule has 4 N–H and O–H groups in total. The average molecular weight is 194 g/mol. The predicted octanol–water partition coefficient (Wildman–Crippen LogP) is 0.606. The van der Waals surface area contributed by atoms with Gasteiger partial charge in [-0.2, -0.15) is 5.10 Å². The third kappa shape index (κ3) is 2.12. The summed E-state index contributed by atoms with van der Waals surface area (Å²) in [7, 11) is 0. The lowest BCUT2D eigenvalue weighted by molar-refractivity contribution is 0.0957. The number of carbonyl (C=O) groups excluding carboxylic acids is 1. The molecule has 1 aromatic heterocycles. The number of aromatic amines is 1. The molecular weight excluding hydrogens is 180 g/mol. The second-order valence-corrected chi connectivity index (χ2v) is 3.25. The second-order valence-electron chi connectivity index (χ2n) is 3.25. The Kier molecular flexibility index (Phi) is 2.91. The first-order chi connectivity index (χ1) is 6.52. The van der Waals surface area contributed by atoms with Crippen LogP contribution >= 0.6 is 0 Å². The molecule has 1 amide bonds. The molecule has 0 aliphatic carbocycles. The molecule has 1 rings (SSSR count). The lowest BCUT2D eigenvalue weighted by atomic mass is 10.2. The SMILES string of the molecule is C=C(C)CNC(=O)c1c(N)n[nH]c1C. The first-order valence-electron chi connectivity index (χ1n) is 4.25. The fraction of sp³-hybridized carbons (Fsp3) is 0.333. The number of amides is 1. The highest BCUT2D eigenvalue weighted by atomic mass is 16.1. The maximum atomic E-state index is 11.6. The van der Waals surface area contributed by atoms with E-state index in [1.807, 2.05) is 6.92 Å². The van der Waals surface area contributed by atoms with Gasteiger partial charge in [0.2, 0.25) is 0 Å². The Balaban J connectivity index is 2.74. The Labute approximate surface area is 82.4 Å². The summed E-state index contributed by atoms with van der Waals surface area (Å²) >= 11 is 0. The molecule has 0 saturated carbocycles. The Morgan fingerprint density at radius 3 is 2.79 bits per heavy atom. The maximum absolute atomic E-state index is 11.6. The summed E-state index contributed by atoms with van der Waals surface area (Å²) < 4.78 is 0. The molecule has 0 aromatic carbocycles. The topological polar surface area (TPSA) is 83.8 Å². The van der Waals surface area contributed by atoms with Crippen molar-refractivity contribution >= 4 is 11.7 Å². The van der Waals surface area contributed by atoms with Crippen molar-refractivity contribution in [1.29, 1.82) is 0 Å². The van der Waals surface area contributed by atoms with Crippen LogP contribution in [0, 0.1) is 6.92 Å². The molecule has 0 aliphatic rings. The smallest absolute Gasteiger partial charge is 0.257 e. The van der Waals surface area contributed by atoms with Crippen LogP contribution in [0.1, 0.15) is 23.0 Å². The highest BCUT2D eigenvalue weighted by Gasteiger charge is 2.14. The molecule has 0 bridgehead atoms. The molecule has 0 radical (unpaired) electrons. The van der Waals surface area contributed by atoms with Gasteiger partial charge >= 0.3 is 0 Å². The predicted molar refractivity (Wildman–Crippen MR) is 54.9 cm³/mol. The number of nitrogens with two attached hydrogens (primary N) is 1. The van der Waals surface area contributed by atoms with E-state index in [9.17, 15) is 4.79 Å². The zero-order chi connectivity index (χ0) is 10.7. The number of aromatic nitrogens is 2. The Bertz CT molecular complexity index is 347. The number of rotatable bonds is 3. The van der Waals surface area contributed by atoms with E-state index in [1.54, 1.807) is 6.92 Å². The van der Waals surface area contributed by atoms with Crippen molar-refractivity contribution in [3.05, 3.63) is 23.4 Å². The van der Waals surface area contributed by atoms with Crippen LogP contribution < -0.4 is 11.1 Å². The summed E-state index contributed by atoms with van der Waals surface area (Å²) in [6.45, 7) is 7.72. The molecule has 1 heterocycles. The highest BCUT2D eigenvalue weighted by Crippen LogP contribution is 2.11. The van der Waals surface area contributed by atoms with E-state index in [1.165, 1.54) is 0 Å². The van der Waals surface area contributed by atoms with Gasteiger partial charge in [0.15, 0.2) is 5.82 Å². The normalized spacial score (nSPS) is 9.86. The van der Waals surface area contributed by atoms with Crippen LogP contribution in [0.4, 0.5) is 5.82 Å². The summed E-state index contributed by atoms with van der Waals surface area (Å²) in [5.41, 5.74) is 7.49. The van der Waals surface area contributed by atoms with E-state index < -0.39 is 0 Å². The van der Waals surface area contributed by atoms with E-state index in [4.69, 9.17) is 5.73 Å². The number of anilines is 1. The molecule has 5 nitrogen and oxygen atoms in total. The second kappa shape index (κ2) is 3.95. The molecule has 0 atom stereocenters. The van der Waals surface area contributed by atoms with Crippen molar-refractivity contribution in [3.8, 4) is 0 Å². The van der Waals surface area contributed by atoms with Crippen molar-refractivity contribution in [2.45, 2.75) is 13.8 Å². The monoisotopic (exact) mass is 194 g/mol. The largest absolute Gasteiger partial charge is 0.382 e. The van der Waals surface area contributed by atoms with Gasteiger partial charge in [-0.05, 0) is 13.8 Å². The molecule has 5 heteroatoms. The molecule has 0 saturated heterocycles. The quantitative estimate of drug-likeness (QED) is 0.616. The van der Waals surface area contributed by atoms with Crippen LogP contribution in [0.3, 0.4) is 0 Å². The van der Waals surface area contributed by atoms with Gasteiger partial charge in [-0.25, -0.2) is 0 Å². The minimum atomic E-state index is -0.225. The Morgan fingerprint density at radius 1 is 1.71 bits per heavy atom. The third-order valence-electron chi connectivity index (χ3n) is 1.75. The number of H-pyrrole nitrogens is 1. The number of nitrogen functional groups attached to an aromatic ring is 1. The van der Waals surface area contributed by atoms with Gasteiger partial charge in [-0.15, -0.1) is 0 Å². The minimum absolute atomic E-state index is 0.224. The van der Waals surface area contributed by atoms with Crippen LogP contribution in [0.25, 0.3) is 0 Å². The van der Waals surface area contributed by atoms with Gasteiger partial charge in [0.05, 0.1) is 0 Å². The van der Waals surface area contributed by atoms with Gasteiger partial charge in [-0.3, -0.25) is 9.89 Å². The number of nitrogens with zero attached hydrogens (tertiary/aromatic N) is 1. The van der Waals surface area contributed by atoms with E-state index in [0.717, 1.165) is 5.57 Å². The molecular formula is C9H14N4O. The summed E-state index contributed by atoms with van der Waals surface area (Å²) in [4.78, 5) is 11.6. The summed E-state index contributed by atoms with van der Waals surface area (Å²) in [6.07, 6.45) is 0. The van der Waals surface area contributed by atoms with Crippen LogP contribution in [0.5, 0.6) is 0 Å².